The van der Waals surface area contributed by atoms with Gasteiger partial charge in [0.1, 0.15) is 0 Å². The first kappa shape index (κ1) is 9.34. The Labute approximate surface area is 82.3 Å². The van der Waals surface area contributed by atoms with Crippen LogP contribution in [0, 0.1) is 11.8 Å². The number of nitrogens with one attached hydrogen (secondary N) is 1. The van der Waals surface area contributed by atoms with Gasteiger partial charge in [-0.3, -0.25) is 4.79 Å². The fraction of sp³-hybridized carbons (Fsp3) is 0.889. The number of aliphatic hydroxyl groups is 1. The van der Waals surface area contributed by atoms with Crippen LogP contribution in [0.5, 0.6) is 0 Å². The Morgan fingerprint density at radius 3 is 2.85 bits per heavy atom. The molecule has 2 aliphatic carbocycles. The number of rotatable bonds is 3. The lowest BCUT2D eigenvalue weighted by atomic mass is 9.71. The Bertz CT molecular complexity index is 212. The average Bonchev–Trinajstić information content (AvgIpc) is 2.35. The van der Waals surface area contributed by atoms with Gasteiger partial charge in [-0.1, -0.05) is 0 Å². The van der Waals surface area contributed by atoms with E-state index >= 15 is 0 Å². The van der Waals surface area contributed by atoms with Crippen LogP contribution in [-0.2, 0) is 4.79 Å². The number of aliphatic hydroxyl groups excluding tert-OH is 1. The van der Waals surface area contributed by atoms with E-state index in [0.29, 0.717) is 23.1 Å². The van der Waals surface area contributed by atoms with Crippen LogP contribution in [0.25, 0.3) is 0 Å². The molecule has 2 aliphatic rings. The Morgan fingerprint density at radius 1 is 1.46 bits per heavy atom. The molecule has 13 heavy (non-hydrogen) atoms. The highest BCUT2D eigenvalue weighted by Gasteiger charge is 2.52. The molecule has 4 heteroatoms. The van der Waals surface area contributed by atoms with Gasteiger partial charge in [-0.2, -0.15) is 11.8 Å². The van der Waals surface area contributed by atoms with E-state index in [0.717, 1.165) is 19.3 Å². The standard InChI is InChI=1S/C9H15NO2S/c1-13-8-3-5-6(9(8)12)2-7(5)10-4-11/h4-9,12H,2-3H2,1H3,(H,10,11)/t5-,6-,7+,8+,9+/m1/s1. The van der Waals surface area contributed by atoms with Gasteiger partial charge in [0.15, 0.2) is 0 Å². The maximum Gasteiger partial charge on any atom is 0.207 e. The van der Waals surface area contributed by atoms with Crippen LogP contribution in [0.3, 0.4) is 0 Å². The van der Waals surface area contributed by atoms with Crippen molar-refractivity contribution in [2.45, 2.75) is 30.2 Å². The molecule has 2 fully saturated rings. The molecule has 3 nitrogen and oxygen atoms in total. The highest BCUT2D eigenvalue weighted by Crippen LogP contribution is 2.49. The Morgan fingerprint density at radius 2 is 2.23 bits per heavy atom. The van der Waals surface area contributed by atoms with Gasteiger partial charge in [-0.25, -0.2) is 0 Å². The minimum Gasteiger partial charge on any atom is -0.392 e. The molecule has 2 rings (SSSR count). The van der Waals surface area contributed by atoms with Crippen molar-refractivity contribution in [2.75, 3.05) is 6.26 Å². The molecule has 2 N–H and O–H groups in total. The molecule has 0 aromatic heterocycles. The summed E-state index contributed by atoms with van der Waals surface area (Å²) in [6, 6.07) is 0.328. The quantitative estimate of drug-likeness (QED) is 0.643. The highest BCUT2D eigenvalue weighted by atomic mass is 32.2. The van der Waals surface area contributed by atoms with Crippen molar-refractivity contribution in [3.63, 3.8) is 0 Å². The Balaban J connectivity index is 1.94. The molecule has 0 aromatic carbocycles. The first-order valence-corrected chi connectivity index (χ1v) is 5.97. The van der Waals surface area contributed by atoms with Crippen LogP contribution in [0.1, 0.15) is 12.8 Å². The summed E-state index contributed by atoms with van der Waals surface area (Å²) in [6.45, 7) is 0. The van der Waals surface area contributed by atoms with Crippen LogP contribution in [0.4, 0.5) is 0 Å². The molecular formula is C9H15NO2S. The molecule has 0 aromatic rings. The van der Waals surface area contributed by atoms with Crippen molar-refractivity contribution in [3.8, 4) is 0 Å². The highest BCUT2D eigenvalue weighted by molar-refractivity contribution is 7.99. The number of thioether (sulfide) groups is 1. The predicted octanol–water partition coefficient (Wildman–Crippen LogP) is 0.233. The first-order valence-electron chi connectivity index (χ1n) is 4.68. The largest absolute Gasteiger partial charge is 0.392 e. The molecule has 0 radical (unpaired) electrons. The number of fused-ring (bicyclic) bond motifs is 1. The van der Waals surface area contributed by atoms with Crippen LogP contribution in [0.15, 0.2) is 0 Å². The van der Waals surface area contributed by atoms with E-state index in [2.05, 4.69) is 5.32 Å². The number of amides is 1. The van der Waals surface area contributed by atoms with Gasteiger partial charge in [-0.15, -0.1) is 0 Å². The van der Waals surface area contributed by atoms with Crippen molar-refractivity contribution >= 4 is 18.2 Å². The van der Waals surface area contributed by atoms with Crippen LogP contribution in [0.2, 0.25) is 0 Å². The second-order valence-electron chi connectivity index (χ2n) is 3.95. The summed E-state index contributed by atoms with van der Waals surface area (Å²) in [5.41, 5.74) is 0. The van der Waals surface area contributed by atoms with Gasteiger partial charge in [0, 0.05) is 11.3 Å². The topological polar surface area (TPSA) is 49.3 Å². The molecular weight excluding hydrogens is 186 g/mol. The minimum absolute atomic E-state index is 0.148. The van der Waals surface area contributed by atoms with Crippen LogP contribution >= 0.6 is 11.8 Å². The van der Waals surface area contributed by atoms with Gasteiger partial charge in [0.05, 0.1) is 6.10 Å². The monoisotopic (exact) mass is 201 g/mol. The molecule has 0 bridgehead atoms. The number of hydrogen-bond donors (Lipinski definition) is 2. The number of carbonyl (C=O) groups excluding carboxylic acids is 1. The van der Waals surface area contributed by atoms with Gasteiger partial charge in [0.25, 0.3) is 0 Å². The minimum atomic E-state index is -0.148. The maximum atomic E-state index is 10.3. The van der Waals surface area contributed by atoms with Gasteiger partial charge in [0.2, 0.25) is 6.41 Å². The van der Waals surface area contributed by atoms with E-state index in [1.807, 2.05) is 6.26 Å². The van der Waals surface area contributed by atoms with Crippen molar-refractivity contribution in [3.05, 3.63) is 0 Å². The summed E-state index contributed by atoms with van der Waals surface area (Å²) < 4.78 is 0. The van der Waals surface area contributed by atoms with E-state index in [1.165, 1.54) is 0 Å². The third kappa shape index (κ3) is 1.36. The summed E-state index contributed by atoms with van der Waals surface area (Å²) in [6.07, 6.45) is 4.69. The number of hydrogen-bond acceptors (Lipinski definition) is 3. The molecule has 0 unspecified atom stereocenters. The third-order valence-corrected chi connectivity index (χ3v) is 4.58. The Hall–Kier alpha value is -0.220. The van der Waals surface area contributed by atoms with Gasteiger partial charge >= 0.3 is 0 Å². The first-order chi connectivity index (χ1) is 6.27. The molecule has 2 saturated carbocycles. The lowest BCUT2D eigenvalue weighted by molar-refractivity contribution is -0.112. The van der Waals surface area contributed by atoms with E-state index < -0.39 is 0 Å². The van der Waals surface area contributed by atoms with E-state index in [1.54, 1.807) is 11.8 Å². The summed E-state index contributed by atoms with van der Waals surface area (Å²) >= 11 is 1.74. The third-order valence-electron chi connectivity index (χ3n) is 3.50. The van der Waals surface area contributed by atoms with Crippen LogP contribution < -0.4 is 5.32 Å². The molecule has 0 heterocycles. The summed E-state index contributed by atoms with van der Waals surface area (Å²) in [4.78, 5) is 10.3. The molecule has 0 saturated heterocycles. The molecule has 0 aliphatic heterocycles. The molecule has 0 spiro atoms. The summed E-state index contributed by atoms with van der Waals surface area (Å²) in [5.74, 6) is 0.965. The fourth-order valence-corrected chi connectivity index (χ4v) is 3.57. The van der Waals surface area contributed by atoms with Crippen molar-refractivity contribution in [1.29, 1.82) is 0 Å². The predicted molar refractivity (Wildman–Crippen MR) is 52.5 cm³/mol. The van der Waals surface area contributed by atoms with Crippen molar-refractivity contribution in [2.24, 2.45) is 11.8 Å². The lowest BCUT2D eigenvalue weighted by Gasteiger charge is -2.40. The van der Waals surface area contributed by atoms with E-state index in [-0.39, 0.29) is 6.10 Å². The van der Waals surface area contributed by atoms with E-state index in [4.69, 9.17) is 0 Å². The molecule has 74 valence electrons. The second kappa shape index (κ2) is 3.50. The maximum absolute atomic E-state index is 10.3. The SMILES string of the molecule is CS[C@H]1C[C@@H]2[C@@H](C[C@@H]2NC=O)[C@@H]1O. The van der Waals surface area contributed by atoms with Crippen molar-refractivity contribution in [1.82, 2.24) is 5.32 Å². The second-order valence-corrected chi connectivity index (χ2v) is 5.03. The zero-order chi connectivity index (χ0) is 9.42. The molecule has 5 atom stereocenters. The average molecular weight is 201 g/mol. The van der Waals surface area contributed by atoms with Gasteiger partial charge in [-0.05, 0) is 30.9 Å². The normalized spacial score (nSPS) is 48.0. The van der Waals surface area contributed by atoms with Gasteiger partial charge < -0.3 is 10.4 Å². The van der Waals surface area contributed by atoms with Crippen LogP contribution in [-0.4, -0.2) is 35.2 Å². The summed E-state index contributed by atoms with van der Waals surface area (Å²) in [5, 5.41) is 13.0. The number of carbonyl (C=O) groups is 1. The van der Waals surface area contributed by atoms with Crippen molar-refractivity contribution < 1.29 is 9.90 Å². The van der Waals surface area contributed by atoms with E-state index in [9.17, 15) is 9.90 Å². The summed E-state index contributed by atoms with van der Waals surface area (Å²) in [7, 11) is 0. The zero-order valence-electron chi connectivity index (χ0n) is 7.64. The molecule has 1 amide bonds. The fourth-order valence-electron chi connectivity index (χ4n) is 2.68. The zero-order valence-corrected chi connectivity index (χ0v) is 8.46. The Kier molecular flexibility index (Phi) is 2.51. The lowest BCUT2D eigenvalue weighted by Crippen LogP contribution is -2.50. The smallest absolute Gasteiger partial charge is 0.207 e.